The predicted molar refractivity (Wildman–Crippen MR) is 160 cm³/mol. The Morgan fingerprint density at radius 3 is 2.46 bits per heavy atom. The van der Waals surface area contributed by atoms with Crippen LogP contribution in [-0.2, 0) is 0 Å². The van der Waals surface area contributed by atoms with Gasteiger partial charge in [-0.05, 0) is 55.5 Å². The number of nitrogens with zero attached hydrogens (tertiary/aromatic N) is 5. The highest BCUT2D eigenvalue weighted by molar-refractivity contribution is 6.06. The number of para-hydroxylation sites is 1. The lowest BCUT2D eigenvalue weighted by molar-refractivity contribution is 1.06. The highest BCUT2D eigenvalue weighted by Gasteiger charge is 2.16. The predicted octanol–water partition coefficient (Wildman–Crippen LogP) is 6.35. The maximum Gasteiger partial charge on any atom is 0.159 e. The molecule has 0 fully saturated rings. The zero-order chi connectivity index (χ0) is 26.3. The number of allylic oxidation sites excluding steroid dienone is 2. The van der Waals surface area contributed by atoms with Crippen LogP contribution >= 0.6 is 0 Å². The molecule has 0 amide bonds. The van der Waals surface area contributed by atoms with E-state index < -0.39 is 0 Å². The molecule has 4 heterocycles. The van der Waals surface area contributed by atoms with E-state index in [1.807, 2.05) is 31.3 Å². The average molecular weight is 504 g/mol. The van der Waals surface area contributed by atoms with Gasteiger partial charge in [-0.15, -0.1) is 0 Å². The van der Waals surface area contributed by atoms with E-state index in [9.17, 15) is 0 Å². The van der Waals surface area contributed by atoms with Gasteiger partial charge in [-0.3, -0.25) is 4.98 Å². The molecule has 0 aliphatic heterocycles. The van der Waals surface area contributed by atoms with Gasteiger partial charge in [0.1, 0.15) is 0 Å². The van der Waals surface area contributed by atoms with Crippen LogP contribution in [0, 0.1) is 0 Å². The zero-order valence-electron chi connectivity index (χ0n) is 21.5. The Morgan fingerprint density at radius 2 is 1.64 bits per heavy atom. The highest BCUT2D eigenvalue weighted by atomic mass is 15.0. The highest BCUT2D eigenvalue weighted by Crippen LogP contribution is 2.29. The average Bonchev–Trinajstić information content (AvgIpc) is 3.55. The minimum atomic E-state index is 0.690. The summed E-state index contributed by atoms with van der Waals surface area (Å²) < 4.78 is 4.53. The van der Waals surface area contributed by atoms with Gasteiger partial charge >= 0.3 is 0 Å². The Bertz CT molecular complexity index is 2130. The van der Waals surface area contributed by atoms with Crippen LogP contribution < -0.4 is 10.6 Å². The second-order valence-electron chi connectivity index (χ2n) is 9.48. The normalized spacial score (nSPS) is 12.4. The number of aromatic nitrogens is 5. The van der Waals surface area contributed by atoms with Crippen LogP contribution in [0.4, 0.5) is 0 Å². The van der Waals surface area contributed by atoms with Crippen LogP contribution in [0.1, 0.15) is 6.92 Å². The van der Waals surface area contributed by atoms with Crippen molar-refractivity contribution in [3.05, 3.63) is 126 Å². The van der Waals surface area contributed by atoms with E-state index in [1.54, 1.807) is 12.4 Å². The number of fused-ring (bicyclic) bond motifs is 4. The second-order valence-corrected chi connectivity index (χ2v) is 9.48. The minimum absolute atomic E-state index is 0.690. The first-order valence-electron chi connectivity index (χ1n) is 12.9. The summed E-state index contributed by atoms with van der Waals surface area (Å²) in [5, 5.41) is 5.32. The molecule has 0 N–H and O–H groups in total. The molecule has 7 aromatic rings. The first kappa shape index (κ1) is 22.9. The Morgan fingerprint density at radius 1 is 0.795 bits per heavy atom. The summed E-state index contributed by atoms with van der Waals surface area (Å²) in [6.07, 6.45) is 13.8. The molecule has 5 heteroatoms. The molecule has 0 spiro atoms. The molecule has 3 aromatic carbocycles. The van der Waals surface area contributed by atoms with Gasteiger partial charge in [0.25, 0.3) is 0 Å². The van der Waals surface area contributed by atoms with Gasteiger partial charge in [-0.2, -0.15) is 0 Å². The standard InChI is InChI=1S/C34H25N5/c1-3-4-10-29-23(2)39(28-14-11-25(12-15-28)34-36-22-26-21-35-19-17-31(26)37-34)33-30(29)16-13-24-18-20-38(32(24)33)27-8-6-5-7-9-27/h3-22H,2H2,1H3/b4-3-,29-10+. The number of rotatable bonds is 4. The van der Waals surface area contributed by atoms with E-state index in [4.69, 9.17) is 4.98 Å². The first-order valence-corrected chi connectivity index (χ1v) is 12.9. The van der Waals surface area contributed by atoms with Crippen molar-refractivity contribution in [1.29, 1.82) is 0 Å². The lowest BCUT2D eigenvalue weighted by Gasteiger charge is -2.12. The largest absolute Gasteiger partial charge is 0.315 e. The summed E-state index contributed by atoms with van der Waals surface area (Å²) in [6.45, 7) is 6.58. The quantitative estimate of drug-likeness (QED) is 0.281. The number of pyridine rings is 1. The third-order valence-electron chi connectivity index (χ3n) is 7.17. The van der Waals surface area contributed by atoms with Crippen molar-refractivity contribution in [3.8, 4) is 22.8 Å². The fourth-order valence-electron chi connectivity index (χ4n) is 5.31. The van der Waals surface area contributed by atoms with Crippen molar-refractivity contribution in [2.75, 3.05) is 0 Å². The van der Waals surface area contributed by atoms with Crippen molar-refractivity contribution < 1.29 is 0 Å². The molecule has 0 unspecified atom stereocenters. The van der Waals surface area contributed by atoms with Crippen LogP contribution in [-0.4, -0.2) is 24.1 Å². The molecule has 0 radical (unpaired) electrons. The number of hydrogen-bond acceptors (Lipinski definition) is 3. The van der Waals surface area contributed by atoms with Gasteiger partial charge in [0, 0.05) is 68.5 Å². The third-order valence-corrected chi connectivity index (χ3v) is 7.17. The van der Waals surface area contributed by atoms with Crippen LogP contribution in [0.15, 0.2) is 116 Å². The van der Waals surface area contributed by atoms with Crippen molar-refractivity contribution >= 4 is 45.4 Å². The fraction of sp³-hybridized carbons (Fsp3) is 0.0294. The van der Waals surface area contributed by atoms with Crippen molar-refractivity contribution in [2.24, 2.45) is 0 Å². The van der Waals surface area contributed by atoms with Gasteiger partial charge in [0.05, 0.1) is 16.6 Å². The molecule has 0 aliphatic carbocycles. The molecular formula is C34H25N5. The van der Waals surface area contributed by atoms with Gasteiger partial charge in [-0.25, -0.2) is 9.97 Å². The fourth-order valence-corrected chi connectivity index (χ4v) is 5.31. The van der Waals surface area contributed by atoms with Gasteiger partial charge < -0.3 is 9.13 Å². The molecule has 0 aliphatic rings. The molecule has 4 aromatic heterocycles. The van der Waals surface area contributed by atoms with Gasteiger partial charge in [0.2, 0.25) is 0 Å². The van der Waals surface area contributed by atoms with Crippen LogP contribution in [0.3, 0.4) is 0 Å². The smallest absolute Gasteiger partial charge is 0.159 e. The maximum absolute atomic E-state index is 4.75. The van der Waals surface area contributed by atoms with Gasteiger partial charge in [0.15, 0.2) is 5.82 Å². The molecule has 0 saturated carbocycles. The van der Waals surface area contributed by atoms with E-state index in [1.165, 1.54) is 5.39 Å². The zero-order valence-corrected chi connectivity index (χ0v) is 21.5. The van der Waals surface area contributed by atoms with Crippen LogP contribution in [0.2, 0.25) is 0 Å². The molecule has 0 atom stereocenters. The molecule has 0 bridgehead atoms. The number of benzene rings is 3. The van der Waals surface area contributed by atoms with E-state index >= 15 is 0 Å². The summed E-state index contributed by atoms with van der Waals surface area (Å²) >= 11 is 0. The van der Waals surface area contributed by atoms with Crippen LogP contribution in [0.25, 0.3) is 68.1 Å². The molecule has 39 heavy (non-hydrogen) atoms. The minimum Gasteiger partial charge on any atom is -0.315 e. The molecule has 5 nitrogen and oxygen atoms in total. The molecule has 0 saturated heterocycles. The Labute approximate surface area is 225 Å². The topological polar surface area (TPSA) is 48.5 Å². The van der Waals surface area contributed by atoms with Crippen molar-refractivity contribution in [3.63, 3.8) is 0 Å². The summed E-state index contributed by atoms with van der Waals surface area (Å²) in [7, 11) is 0. The maximum atomic E-state index is 4.75. The SMILES string of the molecule is C=c1/c(=C\C=C/C)c2ccc3ccn(-c4ccccc4)c3c2n1-c1ccc(-c2ncc3cnccc3n2)cc1. The second kappa shape index (κ2) is 9.23. The van der Waals surface area contributed by atoms with Crippen molar-refractivity contribution in [2.45, 2.75) is 6.92 Å². The molecule has 7 rings (SSSR count). The van der Waals surface area contributed by atoms with E-state index in [2.05, 4.69) is 111 Å². The number of hydrogen-bond donors (Lipinski definition) is 0. The van der Waals surface area contributed by atoms with Crippen LogP contribution in [0.5, 0.6) is 0 Å². The summed E-state index contributed by atoms with van der Waals surface area (Å²) in [5.74, 6) is 0.690. The summed E-state index contributed by atoms with van der Waals surface area (Å²) in [4.78, 5) is 13.5. The monoisotopic (exact) mass is 503 g/mol. The Hall–Kier alpha value is -5.29. The Balaban J connectivity index is 1.47. The van der Waals surface area contributed by atoms with E-state index in [-0.39, 0.29) is 0 Å². The van der Waals surface area contributed by atoms with Gasteiger partial charge in [-0.1, -0.05) is 55.1 Å². The first-order chi connectivity index (χ1) is 19.2. The van der Waals surface area contributed by atoms with Crippen molar-refractivity contribution in [1.82, 2.24) is 24.1 Å². The molecule has 186 valence electrons. The summed E-state index contributed by atoms with van der Waals surface area (Å²) in [5.41, 5.74) is 6.27. The van der Waals surface area contributed by atoms with E-state index in [0.717, 1.165) is 54.8 Å². The lowest BCUT2D eigenvalue weighted by atomic mass is 10.1. The van der Waals surface area contributed by atoms with E-state index in [0.29, 0.717) is 5.82 Å². The third kappa shape index (κ3) is 3.75. The summed E-state index contributed by atoms with van der Waals surface area (Å²) in [6, 6.07) is 27.4. The Kier molecular flexibility index (Phi) is 5.41. The molecular weight excluding hydrogens is 478 g/mol. The lowest BCUT2D eigenvalue weighted by Crippen LogP contribution is -2.26.